The molecule has 4 fully saturated rings. The van der Waals surface area contributed by atoms with Crippen LogP contribution in [0.1, 0.15) is 36.9 Å². The standard InChI is InChI=1S/C33H37F4N7O3/c1-17-11-23-24(18(2)41-42-23)26(29(17)47-31(36)37)25-22(34)12-21-28(27(25)35)39-32(40-30(21)44-13-19-3-4-20(14-44)38-19)46-16-33(5-6-33)15-43-7-9-45-10-8-43/h11-12,19-20,31,38H,3-10,13-16H2,1-2H3,(H,41,42)/t19-,20+. The summed E-state index contributed by atoms with van der Waals surface area (Å²) in [5.41, 5.74) is 0.216. The molecule has 2 atom stereocenters. The quantitative estimate of drug-likeness (QED) is 0.239. The summed E-state index contributed by atoms with van der Waals surface area (Å²) in [5, 5.41) is 11.1. The van der Waals surface area contributed by atoms with E-state index in [0.29, 0.717) is 49.9 Å². The predicted molar refractivity (Wildman–Crippen MR) is 167 cm³/mol. The number of ether oxygens (including phenoxy) is 3. The molecule has 3 aliphatic heterocycles. The molecule has 0 unspecified atom stereocenters. The highest BCUT2D eigenvalue weighted by atomic mass is 19.3. The van der Waals surface area contributed by atoms with Gasteiger partial charge in [0.15, 0.2) is 5.82 Å². The van der Waals surface area contributed by atoms with Crippen LogP contribution in [-0.4, -0.2) is 96.3 Å². The monoisotopic (exact) mass is 655 g/mol. The number of rotatable bonds is 9. The SMILES string of the molecule is Cc1cc2n[nH]c(C)c2c(-c2c(F)cc3c(N4C[C@H]5CC[C@@H](C4)N5)nc(OCC4(CN5CCOCC5)CC4)nc3c2F)c1OC(F)F. The molecular weight excluding hydrogens is 618 g/mol. The topological polar surface area (TPSA) is 101 Å². The molecule has 1 aliphatic carbocycles. The molecule has 2 bridgehead atoms. The lowest BCUT2D eigenvalue weighted by molar-refractivity contribution is -0.0498. The molecule has 250 valence electrons. The third-order valence-corrected chi connectivity index (χ3v) is 10.1. The zero-order chi connectivity index (χ0) is 32.4. The first-order valence-electron chi connectivity index (χ1n) is 16.3. The van der Waals surface area contributed by atoms with E-state index in [1.54, 1.807) is 13.0 Å². The van der Waals surface area contributed by atoms with Gasteiger partial charge in [0, 0.05) is 72.3 Å². The van der Waals surface area contributed by atoms with Gasteiger partial charge in [0.05, 0.1) is 30.9 Å². The van der Waals surface area contributed by atoms with Crippen LogP contribution in [0, 0.1) is 30.9 Å². The van der Waals surface area contributed by atoms with E-state index in [-0.39, 0.29) is 56.7 Å². The minimum atomic E-state index is -3.21. The second-order valence-electron chi connectivity index (χ2n) is 13.5. The van der Waals surface area contributed by atoms with Gasteiger partial charge >= 0.3 is 12.6 Å². The predicted octanol–water partition coefficient (Wildman–Crippen LogP) is 5.10. The van der Waals surface area contributed by atoms with Gasteiger partial charge in [0.2, 0.25) is 0 Å². The van der Waals surface area contributed by atoms with E-state index >= 15 is 8.78 Å². The van der Waals surface area contributed by atoms with Crippen molar-refractivity contribution in [2.24, 2.45) is 5.41 Å². The maximum absolute atomic E-state index is 17.0. The third-order valence-electron chi connectivity index (χ3n) is 10.1. The number of nitrogens with zero attached hydrogens (tertiary/aromatic N) is 5. The summed E-state index contributed by atoms with van der Waals surface area (Å²) in [4.78, 5) is 13.7. The van der Waals surface area contributed by atoms with Crippen LogP contribution in [0.25, 0.3) is 32.9 Å². The number of morpholine rings is 1. The molecule has 2 N–H and O–H groups in total. The lowest BCUT2D eigenvalue weighted by Crippen LogP contribution is -2.51. The minimum Gasteiger partial charge on any atom is -0.463 e. The van der Waals surface area contributed by atoms with Gasteiger partial charge in [-0.1, -0.05) is 0 Å². The summed E-state index contributed by atoms with van der Waals surface area (Å²) >= 11 is 0. The van der Waals surface area contributed by atoms with Crippen molar-refractivity contribution < 1.29 is 31.8 Å². The first-order valence-corrected chi connectivity index (χ1v) is 16.3. The van der Waals surface area contributed by atoms with Gasteiger partial charge < -0.3 is 24.4 Å². The Bertz CT molecular complexity index is 1830. The number of H-pyrrole nitrogens is 1. The van der Waals surface area contributed by atoms with Crippen LogP contribution in [0.15, 0.2) is 12.1 Å². The summed E-state index contributed by atoms with van der Waals surface area (Å²) in [6, 6.07) is 3.22. The number of hydrogen-bond donors (Lipinski definition) is 2. The van der Waals surface area contributed by atoms with E-state index in [2.05, 4.69) is 25.4 Å². The number of nitrogens with one attached hydrogen (secondary N) is 2. The molecule has 5 heterocycles. The van der Waals surface area contributed by atoms with Crippen LogP contribution in [0.5, 0.6) is 11.8 Å². The molecular formula is C33H37F4N7O3. The van der Waals surface area contributed by atoms with E-state index in [1.807, 2.05) is 4.90 Å². The van der Waals surface area contributed by atoms with Crippen molar-refractivity contribution in [2.45, 2.75) is 58.2 Å². The van der Waals surface area contributed by atoms with Gasteiger partial charge in [-0.05, 0) is 57.2 Å². The Morgan fingerprint density at radius 3 is 2.49 bits per heavy atom. The molecule has 0 spiro atoms. The van der Waals surface area contributed by atoms with Gasteiger partial charge in [-0.15, -0.1) is 0 Å². The number of benzene rings is 2. The average Bonchev–Trinajstić information content (AvgIpc) is 3.60. The summed E-state index contributed by atoms with van der Waals surface area (Å²) in [7, 11) is 0. The largest absolute Gasteiger partial charge is 0.463 e. The highest BCUT2D eigenvalue weighted by Crippen LogP contribution is 2.48. The molecule has 0 amide bonds. The van der Waals surface area contributed by atoms with E-state index in [9.17, 15) is 8.78 Å². The zero-order valence-electron chi connectivity index (χ0n) is 26.3. The molecule has 0 radical (unpaired) electrons. The molecule has 14 heteroatoms. The number of halogens is 4. The number of alkyl halides is 2. The van der Waals surface area contributed by atoms with Crippen LogP contribution in [0.3, 0.4) is 0 Å². The van der Waals surface area contributed by atoms with Gasteiger partial charge in [0.1, 0.15) is 22.9 Å². The lowest BCUT2D eigenvalue weighted by atomic mass is 9.94. The molecule has 8 rings (SSSR count). The highest BCUT2D eigenvalue weighted by molar-refractivity contribution is 6.03. The van der Waals surface area contributed by atoms with Gasteiger partial charge in [0.25, 0.3) is 0 Å². The number of aromatic nitrogens is 4. The van der Waals surface area contributed by atoms with E-state index in [0.717, 1.165) is 45.3 Å². The van der Waals surface area contributed by atoms with E-state index in [1.165, 1.54) is 13.0 Å². The highest BCUT2D eigenvalue weighted by Gasteiger charge is 2.45. The van der Waals surface area contributed by atoms with Crippen LogP contribution >= 0.6 is 0 Å². The average molecular weight is 656 g/mol. The number of hydrogen-bond acceptors (Lipinski definition) is 9. The smallest absolute Gasteiger partial charge is 0.387 e. The second-order valence-corrected chi connectivity index (χ2v) is 13.5. The molecule has 2 aromatic heterocycles. The van der Waals surface area contributed by atoms with Crippen molar-refractivity contribution in [1.82, 2.24) is 30.4 Å². The first-order chi connectivity index (χ1) is 22.7. The zero-order valence-corrected chi connectivity index (χ0v) is 26.3. The number of aromatic amines is 1. The molecule has 47 heavy (non-hydrogen) atoms. The minimum absolute atomic E-state index is 0.000949. The summed E-state index contributed by atoms with van der Waals surface area (Å²) in [5.74, 6) is -1.88. The van der Waals surface area contributed by atoms with Crippen molar-refractivity contribution in [3.63, 3.8) is 0 Å². The second kappa shape index (κ2) is 11.7. The van der Waals surface area contributed by atoms with Crippen molar-refractivity contribution >= 4 is 27.6 Å². The number of anilines is 1. The number of aryl methyl sites for hydroxylation is 2. The van der Waals surface area contributed by atoms with Crippen molar-refractivity contribution in [2.75, 3.05) is 57.4 Å². The molecule has 4 aliphatic rings. The number of fused-ring (bicyclic) bond motifs is 4. The van der Waals surface area contributed by atoms with Crippen molar-refractivity contribution in [1.29, 1.82) is 0 Å². The van der Waals surface area contributed by atoms with Crippen molar-refractivity contribution in [3.8, 4) is 22.9 Å². The number of piperazine rings is 1. The lowest BCUT2D eigenvalue weighted by Gasteiger charge is -2.34. The van der Waals surface area contributed by atoms with Gasteiger partial charge in [-0.2, -0.15) is 23.8 Å². The Kier molecular flexibility index (Phi) is 7.64. The fourth-order valence-electron chi connectivity index (χ4n) is 7.57. The maximum Gasteiger partial charge on any atom is 0.387 e. The Hall–Kier alpha value is -3.75. The first kappa shape index (κ1) is 30.6. The maximum atomic E-state index is 17.0. The normalized spacial score (nSPS) is 22.5. The fourth-order valence-corrected chi connectivity index (χ4v) is 7.57. The van der Waals surface area contributed by atoms with Crippen molar-refractivity contribution in [3.05, 3.63) is 35.0 Å². The molecule has 10 nitrogen and oxygen atoms in total. The summed E-state index contributed by atoms with van der Waals surface area (Å²) < 4.78 is 77.5. The van der Waals surface area contributed by atoms with E-state index < -0.39 is 23.8 Å². The molecule has 1 saturated carbocycles. The fraction of sp³-hybridized carbons (Fsp3) is 0.545. The van der Waals surface area contributed by atoms with Gasteiger partial charge in [-0.3, -0.25) is 10.00 Å². The van der Waals surface area contributed by atoms with Crippen LogP contribution in [0.2, 0.25) is 0 Å². The summed E-state index contributed by atoms with van der Waals surface area (Å²) in [6.07, 6.45) is 4.00. The Labute approximate surface area is 268 Å². The molecule has 3 saturated heterocycles. The Balaban J connectivity index is 1.25. The third kappa shape index (κ3) is 5.63. The van der Waals surface area contributed by atoms with Crippen LogP contribution in [0.4, 0.5) is 23.4 Å². The molecule has 4 aromatic rings. The van der Waals surface area contributed by atoms with Crippen LogP contribution < -0.4 is 19.7 Å². The van der Waals surface area contributed by atoms with Crippen LogP contribution in [-0.2, 0) is 4.74 Å². The Morgan fingerprint density at radius 2 is 1.79 bits per heavy atom. The summed E-state index contributed by atoms with van der Waals surface area (Å²) in [6.45, 7) is 5.57. The van der Waals surface area contributed by atoms with E-state index in [4.69, 9.17) is 19.2 Å². The Morgan fingerprint density at radius 1 is 1.04 bits per heavy atom. The molecule has 2 aromatic carbocycles. The van der Waals surface area contributed by atoms with Gasteiger partial charge in [-0.25, -0.2) is 8.78 Å².